The SMILES string of the molecule is CC(C)(CCCN1CCCCC1CO)C(=N)N. The lowest BCUT2D eigenvalue weighted by molar-refractivity contribution is 0.0871. The Kier molecular flexibility index (Phi) is 5.40. The van der Waals surface area contributed by atoms with E-state index in [9.17, 15) is 5.11 Å². The Balaban J connectivity index is 2.32. The number of hydrogen-bond acceptors (Lipinski definition) is 3. The molecule has 0 aromatic heterocycles. The molecule has 1 aliphatic rings. The summed E-state index contributed by atoms with van der Waals surface area (Å²) in [7, 11) is 0. The summed E-state index contributed by atoms with van der Waals surface area (Å²) in [6, 6.07) is 0.351. The molecule has 0 spiro atoms. The van der Waals surface area contributed by atoms with Gasteiger partial charge in [0.25, 0.3) is 0 Å². The maximum atomic E-state index is 9.31. The zero-order valence-corrected chi connectivity index (χ0v) is 11.2. The molecule has 0 aromatic carbocycles. The Bertz CT molecular complexity index is 253. The van der Waals surface area contributed by atoms with Gasteiger partial charge >= 0.3 is 0 Å². The monoisotopic (exact) mass is 241 g/mol. The Morgan fingerprint density at radius 2 is 2.18 bits per heavy atom. The summed E-state index contributed by atoms with van der Waals surface area (Å²) in [5.74, 6) is 0.273. The third-order valence-electron chi connectivity index (χ3n) is 3.94. The number of hydrogen-bond donors (Lipinski definition) is 3. The van der Waals surface area contributed by atoms with Crippen molar-refractivity contribution >= 4 is 5.84 Å². The summed E-state index contributed by atoms with van der Waals surface area (Å²) < 4.78 is 0. The minimum atomic E-state index is -0.190. The lowest BCUT2D eigenvalue weighted by Gasteiger charge is -2.35. The minimum Gasteiger partial charge on any atom is -0.395 e. The second kappa shape index (κ2) is 6.36. The number of likely N-dealkylation sites (tertiary alicyclic amines) is 1. The van der Waals surface area contributed by atoms with Gasteiger partial charge in [0.05, 0.1) is 12.4 Å². The first-order valence-corrected chi connectivity index (χ1v) is 6.67. The fourth-order valence-electron chi connectivity index (χ4n) is 2.42. The first-order chi connectivity index (χ1) is 7.97. The highest BCUT2D eigenvalue weighted by molar-refractivity contribution is 5.82. The highest BCUT2D eigenvalue weighted by Gasteiger charge is 2.24. The minimum absolute atomic E-state index is 0.190. The van der Waals surface area contributed by atoms with Crippen LogP contribution in [0.5, 0.6) is 0 Å². The molecule has 0 bridgehead atoms. The van der Waals surface area contributed by atoms with Crippen molar-refractivity contribution in [2.45, 2.75) is 52.0 Å². The molecule has 4 heteroatoms. The van der Waals surface area contributed by atoms with Gasteiger partial charge in [-0.15, -0.1) is 0 Å². The van der Waals surface area contributed by atoms with Gasteiger partial charge < -0.3 is 10.8 Å². The van der Waals surface area contributed by atoms with Crippen LogP contribution in [-0.4, -0.2) is 41.6 Å². The maximum absolute atomic E-state index is 9.31. The van der Waals surface area contributed by atoms with Gasteiger partial charge in [-0.3, -0.25) is 10.3 Å². The van der Waals surface area contributed by atoms with E-state index in [1.54, 1.807) is 0 Å². The zero-order valence-electron chi connectivity index (χ0n) is 11.2. The van der Waals surface area contributed by atoms with Gasteiger partial charge in [0.2, 0.25) is 0 Å². The summed E-state index contributed by atoms with van der Waals surface area (Å²) in [5, 5.41) is 16.8. The van der Waals surface area contributed by atoms with Crippen LogP contribution in [-0.2, 0) is 0 Å². The first kappa shape index (κ1) is 14.5. The molecule has 1 rings (SSSR count). The third-order valence-corrected chi connectivity index (χ3v) is 3.94. The lowest BCUT2D eigenvalue weighted by Crippen LogP contribution is -2.42. The Labute approximate surface area is 105 Å². The van der Waals surface area contributed by atoms with Crippen LogP contribution in [0.2, 0.25) is 0 Å². The van der Waals surface area contributed by atoms with Crippen LogP contribution in [0.1, 0.15) is 46.0 Å². The van der Waals surface area contributed by atoms with Crippen molar-refractivity contribution in [2.75, 3.05) is 19.7 Å². The van der Waals surface area contributed by atoms with Gasteiger partial charge in [0.15, 0.2) is 0 Å². The molecule has 100 valence electrons. The molecule has 0 amide bonds. The maximum Gasteiger partial charge on any atom is 0.0963 e. The highest BCUT2D eigenvalue weighted by Crippen LogP contribution is 2.23. The van der Waals surface area contributed by atoms with Gasteiger partial charge in [-0.25, -0.2) is 0 Å². The van der Waals surface area contributed by atoms with Crippen molar-refractivity contribution in [2.24, 2.45) is 11.1 Å². The average molecular weight is 241 g/mol. The molecular formula is C13H27N3O. The van der Waals surface area contributed by atoms with E-state index in [0.717, 1.165) is 32.4 Å². The van der Waals surface area contributed by atoms with E-state index >= 15 is 0 Å². The molecule has 0 radical (unpaired) electrons. The van der Waals surface area contributed by atoms with Crippen LogP contribution in [0.15, 0.2) is 0 Å². The molecule has 1 unspecified atom stereocenters. The zero-order chi connectivity index (χ0) is 12.9. The standard InChI is InChI=1S/C13H27N3O/c1-13(2,12(14)15)7-5-9-16-8-4-3-6-11(16)10-17/h11,17H,3-10H2,1-2H3,(H3,14,15). The molecule has 0 saturated carbocycles. The van der Waals surface area contributed by atoms with Crippen LogP contribution < -0.4 is 5.73 Å². The van der Waals surface area contributed by atoms with Crippen LogP contribution in [0.4, 0.5) is 0 Å². The number of amidine groups is 1. The number of nitrogens with one attached hydrogen (secondary N) is 1. The molecule has 1 heterocycles. The molecule has 17 heavy (non-hydrogen) atoms. The summed E-state index contributed by atoms with van der Waals surface area (Å²) >= 11 is 0. The number of piperidine rings is 1. The number of aliphatic hydroxyl groups is 1. The lowest BCUT2D eigenvalue weighted by atomic mass is 9.86. The largest absolute Gasteiger partial charge is 0.395 e. The van der Waals surface area contributed by atoms with Gasteiger partial charge in [-0.1, -0.05) is 20.3 Å². The smallest absolute Gasteiger partial charge is 0.0963 e. The molecule has 1 aliphatic heterocycles. The fourth-order valence-corrected chi connectivity index (χ4v) is 2.42. The molecule has 1 atom stereocenters. The van der Waals surface area contributed by atoms with E-state index in [1.165, 1.54) is 12.8 Å². The van der Waals surface area contributed by atoms with Crippen LogP contribution in [0.25, 0.3) is 0 Å². The number of nitrogens with zero attached hydrogens (tertiary/aromatic N) is 1. The van der Waals surface area contributed by atoms with Crippen LogP contribution >= 0.6 is 0 Å². The topological polar surface area (TPSA) is 73.3 Å². The highest BCUT2D eigenvalue weighted by atomic mass is 16.3. The molecule has 0 aromatic rings. The molecule has 1 saturated heterocycles. The molecule has 4 N–H and O–H groups in total. The third kappa shape index (κ3) is 4.28. The van der Waals surface area contributed by atoms with Crippen LogP contribution in [0, 0.1) is 10.8 Å². The van der Waals surface area contributed by atoms with Crippen molar-refractivity contribution < 1.29 is 5.11 Å². The van der Waals surface area contributed by atoms with Crippen LogP contribution in [0.3, 0.4) is 0 Å². The Morgan fingerprint density at radius 1 is 1.47 bits per heavy atom. The van der Waals surface area contributed by atoms with E-state index in [2.05, 4.69) is 4.90 Å². The van der Waals surface area contributed by atoms with Crippen molar-refractivity contribution in [1.82, 2.24) is 4.90 Å². The van der Waals surface area contributed by atoms with E-state index in [-0.39, 0.29) is 17.9 Å². The first-order valence-electron chi connectivity index (χ1n) is 6.67. The fraction of sp³-hybridized carbons (Fsp3) is 0.923. The molecule has 1 fully saturated rings. The van der Waals surface area contributed by atoms with Gasteiger partial charge in [0, 0.05) is 11.5 Å². The van der Waals surface area contributed by atoms with E-state index in [0.29, 0.717) is 6.04 Å². The summed E-state index contributed by atoms with van der Waals surface area (Å²) in [6.07, 6.45) is 5.58. The predicted octanol–water partition coefficient (Wildman–Crippen LogP) is 1.58. The Morgan fingerprint density at radius 3 is 2.76 bits per heavy atom. The summed E-state index contributed by atoms with van der Waals surface area (Å²) in [4.78, 5) is 2.39. The molecule has 4 nitrogen and oxygen atoms in total. The molecule has 0 aliphatic carbocycles. The number of nitrogens with two attached hydrogens (primary N) is 1. The second-order valence-electron chi connectivity index (χ2n) is 5.77. The summed E-state index contributed by atoms with van der Waals surface area (Å²) in [5.41, 5.74) is 5.38. The second-order valence-corrected chi connectivity index (χ2v) is 5.77. The Hall–Kier alpha value is -0.610. The van der Waals surface area contributed by atoms with Gasteiger partial charge in [-0.05, 0) is 38.8 Å². The molecular weight excluding hydrogens is 214 g/mol. The number of rotatable bonds is 6. The number of aliphatic hydroxyl groups excluding tert-OH is 1. The van der Waals surface area contributed by atoms with Gasteiger partial charge in [0.1, 0.15) is 0 Å². The van der Waals surface area contributed by atoms with E-state index in [4.69, 9.17) is 11.1 Å². The van der Waals surface area contributed by atoms with E-state index in [1.807, 2.05) is 13.8 Å². The van der Waals surface area contributed by atoms with Gasteiger partial charge in [-0.2, -0.15) is 0 Å². The van der Waals surface area contributed by atoms with Crippen molar-refractivity contribution in [1.29, 1.82) is 5.41 Å². The van der Waals surface area contributed by atoms with E-state index < -0.39 is 0 Å². The normalized spacial score (nSPS) is 22.6. The van der Waals surface area contributed by atoms with Crippen molar-refractivity contribution in [3.63, 3.8) is 0 Å². The average Bonchev–Trinajstić information content (AvgIpc) is 2.29. The van der Waals surface area contributed by atoms with Crippen molar-refractivity contribution in [3.8, 4) is 0 Å². The summed E-state index contributed by atoms with van der Waals surface area (Å²) in [6.45, 7) is 6.44. The quantitative estimate of drug-likeness (QED) is 0.488. The van der Waals surface area contributed by atoms with Crippen molar-refractivity contribution in [3.05, 3.63) is 0 Å². The predicted molar refractivity (Wildman–Crippen MR) is 71.2 cm³/mol.